The van der Waals surface area contributed by atoms with Crippen molar-refractivity contribution in [3.63, 3.8) is 0 Å². The van der Waals surface area contributed by atoms with E-state index in [1.54, 1.807) is 23.5 Å². The topological polar surface area (TPSA) is 151 Å². The van der Waals surface area contributed by atoms with Crippen molar-refractivity contribution in [2.24, 2.45) is 58.7 Å². The van der Waals surface area contributed by atoms with Crippen LogP contribution in [0.25, 0.3) is 33.4 Å². The summed E-state index contributed by atoms with van der Waals surface area (Å²) in [6.45, 7) is 54.8. The molecule has 98 heavy (non-hydrogen) atoms. The summed E-state index contributed by atoms with van der Waals surface area (Å²) >= 11 is 1.55. The van der Waals surface area contributed by atoms with Crippen LogP contribution in [0.1, 0.15) is 277 Å². The second-order valence-corrected chi connectivity index (χ2v) is 30.5. The lowest BCUT2D eigenvalue weighted by Gasteiger charge is -2.35. The average Bonchev–Trinajstić information content (AvgIpc) is 1.58. The number of ether oxygens (including phenoxy) is 2. The molecule has 3 amide bonds. The molecule has 3 aromatic heterocycles. The van der Waals surface area contributed by atoms with Crippen LogP contribution in [-0.4, -0.2) is 125 Å². The summed E-state index contributed by atoms with van der Waals surface area (Å²) < 4.78 is 13.7. The molecule has 2 aliphatic carbocycles. The van der Waals surface area contributed by atoms with Gasteiger partial charge in [-0.05, 0) is 168 Å². The van der Waals surface area contributed by atoms with Crippen LogP contribution in [0.5, 0.6) is 0 Å². The van der Waals surface area contributed by atoms with Crippen molar-refractivity contribution < 1.29 is 28.7 Å². The third kappa shape index (κ3) is 27.0. The molecule has 9 unspecified atom stereocenters. The number of methoxy groups -OCH3 is 1. The number of rotatable bonds is 34. The second-order valence-electron chi connectivity index (χ2n) is 29.6. The lowest BCUT2D eigenvalue weighted by molar-refractivity contribution is -0.141. The molecule has 0 spiro atoms. The Morgan fingerprint density at radius 3 is 2.06 bits per heavy atom. The minimum atomic E-state index is -0.788. The number of carbonyl (C=O) groups excluding carboxylic acids is 4. The Labute approximate surface area is 602 Å². The van der Waals surface area contributed by atoms with E-state index >= 15 is 0 Å². The molecule has 2 aliphatic heterocycles. The van der Waals surface area contributed by atoms with Crippen molar-refractivity contribution in [2.75, 3.05) is 59.6 Å². The number of nitrogens with zero attached hydrogens (tertiary/aromatic N) is 6. The maximum Gasteiger partial charge on any atom is 0.259 e. The van der Waals surface area contributed by atoms with Gasteiger partial charge in [0.05, 0.1) is 34.2 Å². The molecule has 558 valence electrons. The molecule has 4 aromatic rings. The van der Waals surface area contributed by atoms with Crippen LogP contribution in [0.3, 0.4) is 0 Å². The van der Waals surface area contributed by atoms with Crippen LogP contribution < -0.4 is 10.7 Å². The number of aldehydes is 1. The first-order valence-corrected chi connectivity index (χ1v) is 40.4. The Morgan fingerprint density at radius 2 is 1.54 bits per heavy atom. The number of fused-ring (bicyclic) bond motifs is 1. The number of aryl methyl sites for hydroxylation is 2. The van der Waals surface area contributed by atoms with Crippen molar-refractivity contribution in [1.82, 2.24) is 40.1 Å². The predicted molar refractivity (Wildman–Crippen MR) is 416 cm³/mol. The fraction of sp³-hybridized carbons (Fsp3) is 0.759. The number of carbonyl (C=O) groups is 4. The van der Waals surface area contributed by atoms with Gasteiger partial charge >= 0.3 is 0 Å². The molecule has 5 heterocycles. The zero-order valence-electron chi connectivity index (χ0n) is 66.6. The maximum absolute atomic E-state index is 14.7. The molecule has 15 heteroatoms. The molecule has 8 rings (SSSR count). The van der Waals surface area contributed by atoms with E-state index in [0.29, 0.717) is 49.7 Å². The Morgan fingerprint density at radius 1 is 0.847 bits per heavy atom. The summed E-state index contributed by atoms with van der Waals surface area (Å²) in [5.74, 6) is 4.15. The molecule has 4 fully saturated rings. The van der Waals surface area contributed by atoms with Gasteiger partial charge < -0.3 is 29.1 Å². The monoisotopic (exact) mass is 1380 g/mol. The van der Waals surface area contributed by atoms with Gasteiger partial charge in [-0.15, -0.1) is 11.3 Å². The zero-order valence-corrected chi connectivity index (χ0v) is 67.4. The van der Waals surface area contributed by atoms with Crippen molar-refractivity contribution >= 4 is 46.2 Å². The van der Waals surface area contributed by atoms with Gasteiger partial charge in [-0.3, -0.25) is 29.3 Å². The molecule has 1 aromatic carbocycles. The van der Waals surface area contributed by atoms with Crippen molar-refractivity contribution in [3.05, 3.63) is 57.7 Å². The number of hydrogen-bond donors (Lipinski definition) is 2. The smallest absolute Gasteiger partial charge is 0.259 e. The van der Waals surface area contributed by atoms with Gasteiger partial charge in [0.1, 0.15) is 12.3 Å². The zero-order chi connectivity index (χ0) is 73.2. The number of thiazole rings is 1. The number of aromatic nitrogens is 3. The van der Waals surface area contributed by atoms with Crippen molar-refractivity contribution in [1.29, 1.82) is 0 Å². The Balaban J connectivity index is 0.000000848. The molecule has 4 aliphatic rings. The highest BCUT2D eigenvalue weighted by Gasteiger charge is 2.43. The number of hydrazine groups is 1. The van der Waals surface area contributed by atoms with Gasteiger partial charge in [0, 0.05) is 111 Å². The first-order valence-electron chi connectivity index (χ1n) is 39.5. The standard InChI is InChI=1S/C60H92N8O4S.C8H18O.C7H16.C4H6O.2C2H6/c1-14-21-42-30-47(54(61-34-42)41(10)72-13)56-48(33-60(11,12)16-3)46-31-45(24-25-51(46)67(56)18-5)50-37-73-52(63-50)32-49(59(71)68-28-20-19-27-62-68)64-57(69)55(38(6)7)66-29-26-43(36-66)35-65(17-4)58(70)40(9)53(39(8)15-2)44-22-23-44;1-4-6-9-7-8(3)5-2;1-4-6-7(3)5-2;5-3-4-1-2-4;2*1-2/h24-25,30-31,34,37-41,43-44,49,53,55,62H,14-23,26-29,32-33,35-36H2,1-13H3,(H,64,69);8H,4-7H2,1-3H3;7H,4-6H2,1-3H3;3-4H,1-2H2;2*1-2H3. The van der Waals surface area contributed by atoms with E-state index in [2.05, 4.69) is 179 Å². The fourth-order valence-electron chi connectivity index (χ4n) is 13.7. The minimum Gasteiger partial charge on any atom is -0.381 e. The van der Waals surface area contributed by atoms with E-state index in [9.17, 15) is 19.2 Å². The molecule has 0 bridgehead atoms. The highest BCUT2D eigenvalue weighted by atomic mass is 32.1. The minimum absolute atomic E-state index is 0.0182. The van der Waals surface area contributed by atoms with Crippen LogP contribution in [-0.2, 0) is 54.5 Å². The Bertz CT molecular complexity index is 2890. The quantitative estimate of drug-likeness (QED) is 0.0342. The molecule has 14 nitrogen and oxygen atoms in total. The molecule has 2 saturated carbocycles. The van der Waals surface area contributed by atoms with Crippen LogP contribution in [0.4, 0.5) is 0 Å². The Kier molecular flexibility index (Phi) is 41.3. The number of hydrogen-bond acceptors (Lipinski definition) is 11. The van der Waals surface area contributed by atoms with Gasteiger partial charge in [-0.2, -0.15) is 0 Å². The van der Waals surface area contributed by atoms with E-state index < -0.39 is 12.1 Å². The second kappa shape index (κ2) is 46.1. The SMILES string of the molecule is CC.CC.CCCC(C)CC.CCCOCC(C)CC.CCCc1cnc(C(C)OC)c(-c2c(CC(C)(C)CC)c3cc(-c4csc(CC(NC(=O)C(C(C)C)N5CCC(CN(CC)C(=O)C(C)C(C(C)CC)C6CC6)C5)C(=O)N5CCCCN5)n4)ccc3n2CC)c1.O=CC1CC1. The molecule has 0 radical (unpaired) electrons. The first-order chi connectivity index (χ1) is 47.0. The van der Waals surface area contributed by atoms with Crippen LogP contribution in [0.2, 0.25) is 0 Å². The number of amides is 3. The van der Waals surface area contributed by atoms with E-state index in [4.69, 9.17) is 19.4 Å². The lowest BCUT2D eigenvalue weighted by atomic mass is 9.78. The van der Waals surface area contributed by atoms with Gasteiger partial charge in [0.25, 0.3) is 5.91 Å². The van der Waals surface area contributed by atoms with Gasteiger partial charge in [-0.1, -0.05) is 183 Å². The van der Waals surface area contributed by atoms with Gasteiger partial charge in [-0.25, -0.2) is 10.4 Å². The van der Waals surface area contributed by atoms with Crippen molar-refractivity contribution in [2.45, 2.75) is 293 Å². The van der Waals surface area contributed by atoms with E-state index in [1.807, 2.05) is 33.9 Å². The number of likely N-dealkylation sites (tertiary alicyclic amines) is 1. The normalized spacial score (nSPS) is 17.9. The summed E-state index contributed by atoms with van der Waals surface area (Å²) in [6, 6.07) is 7.91. The lowest BCUT2D eigenvalue weighted by Crippen LogP contribution is -2.59. The van der Waals surface area contributed by atoms with Crippen molar-refractivity contribution in [3.8, 4) is 22.5 Å². The highest BCUT2D eigenvalue weighted by Crippen LogP contribution is 2.46. The Hall–Kier alpha value is -4.54. The summed E-state index contributed by atoms with van der Waals surface area (Å²) in [5.41, 5.74) is 12.3. The molecule has 2 N–H and O–H groups in total. The predicted octanol–water partition coefficient (Wildman–Crippen LogP) is 19.5. The largest absolute Gasteiger partial charge is 0.381 e. The van der Waals surface area contributed by atoms with Crippen LogP contribution in [0, 0.1) is 58.7 Å². The van der Waals surface area contributed by atoms with Crippen LogP contribution >= 0.6 is 11.3 Å². The highest BCUT2D eigenvalue weighted by molar-refractivity contribution is 7.10. The van der Waals surface area contributed by atoms with E-state index in [1.165, 1.54) is 66.2 Å². The molecular weight excluding hydrogens is 1240 g/mol. The third-order valence-electron chi connectivity index (χ3n) is 20.8. The third-order valence-corrected chi connectivity index (χ3v) is 21.7. The van der Waals surface area contributed by atoms with Crippen LogP contribution in [0.15, 0.2) is 35.8 Å². The van der Waals surface area contributed by atoms with Gasteiger partial charge in [0.15, 0.2) is 0 Å². The summed E-state index contributed by atoms with van der Waals surface area (Å²) in [7, 11) is 1.76. The maximum atomic E-state index is 14.7. The molecule has 9 atom stereocenters. The van der Waals surface area contributed by atoms with E-state index in [0.717, 1.165) is 156 Å². The summed E-state index contributed by atoms with van der Waals surface area (Å²) in [5, 5.41) is 9.14. The van der Waals surface area contributed by atoms with E-state index in [-0.39, 0.29) is 47.0 Å². The number of nitrogens with one attached hydrogen (secondary N) is 2. The summed E-state index contributed by atoms with van der Waals surface area (Å²) in [6.07, 6.45) is 22.3. The summed E-state index contributed by atoms with van der Waals surface area (Å²) in [4.78, 5) is 67.6. The molecule has 2 saturated heterocycles. The fourth-order valence-corrected chi connectivity index (χ4v) is 14.5. The molecular formula is C83H144N8O6S. The average molecular weight is 1380 g/mol. The van der Waals surface area contributed by atoms with Gasteiger partial charge in [0.2, 0.25) is 11.8 Å². The first kappa shape index (κ1) is 87.7. The number of pyridine rings is 1. The number of benzene rings is 1.